The standard InChI is InChI=1S/C9H16N2O3/c10-9(2-4-14-6-9)8(13)11-3-1-7(12)5-11/h7,12H,1-6,10H2. The topological polar surface area (TPSA) is 75.8 Å². The molecule has 2 rings (SSSR count). The van der Waals surface area contributed by atoms with Gasteiger partial charge in [0.2, 0.25) is 5.91 Å². The molecule has 0 aromatic carbocycles. The Morgan fingerprint density at radius 2 is 2.43 bits per heavy atom. The largest absolute Gasteiger partial charge is 0.391 e. The van der Waals surface area contributed by atoms with Gasteiger partial charge < -0.3 is 20.5 Å². The van der Waals surface area contributed by atoms with Crippen molar-refractivity contribution in [2.45, 2.75) is 24.5 Å². The highest BCUT2D eigenvalue weighted by Crippen LogP contribution is 2.21. The van der Waals surface area contributed by atoms with Crippen molar-refractivity contribution in [2.24, 2.45) is 5.73 Å². The first-order valence-corrected chi connectivity index (χ1v) is 4.96. The van der Waals surface area contributed by atoms with Crippen LogP contribution < -0.4 is 5.73 Å². The van der Waals surface area contributed by atoms with E-state index in [9.17, 15) is 9.90 Å². The fraction of sp³-hybridized carbons (Fsp3) is 0.889. The average Bonchev–Trinajstić information content (AvgIpc) is 2.74. The Morgan fingerprint density at radius 1 is 1.64 bits per heavy atom. The van der Waals surface area contributed by atoms with E-state index in [0.29, 0.717) is 39.1 Å². The molecule has 0 bridgehead atoms. The molecule has 0 radical (unpaired) electrons. The van der Waals surface area contributed by atoms with Crippen LogP contribution in [0.5, 0.6) is 0 Å². The normalized spacial score (nSPS) is 37.9. The lowest BCUT2D eigenvalue weighted by atomic mass is 9.98. The fourth-order valence-electron chi connectivity index (χ4n) is 1.99. The van der Waals surface area contributed by atoms with Crippen molar-refractivity contribution in [1.82, 2.24) is 4.90 Å². The SMILES string of the molecule is NC1(C(=O)N2CCC(O)C2)CCOC1. The van der Waals surface area contributed by atoms with Crippen molar-refractivity contribution >= 4 is 5.91 Å². The van der Waals surface area contributed by atoms with Crippen LogP contribution in [0.2, 0.25) is 0 Å². The Morgan fingerprint density at radius 3 is 2.93 bits per heavy atom. The number of nitrogens with zero attached hydrogens (tertiary/aromatic N) is 1. The summed E-state index contributed by atoms with van der Waals surface area (Å²) in [4.78, 5) is 13.6. The Bertz CT molecular complexity index is 238. The van der Waals surface area contributed by atoms with Gasteiger partial charge in [-0.15, -0.1) is 0 Å². The summed E-state index contributed by atoms with van der Waals surface area (Å²) in [5.74, 6) is -0.0773. The zero-order chi connectivity index (χ0) is 10.2. The fourth-order valence-corrected chi connectivity index (χ4v) is 1.99. The molecule has 0 aromatic rings. The molecule has 2 fully saturated rings. The monoisotopic (exact) mass is 200 g/mol. The van der Waals surface area contributed by atoms with Crippen LogP contribution >= 0.6 is 0 Å². The summed E-state index contributed by atoms with van der Waals surface area (Å²) < 4.78 is 5.13. The van der Waals surface area contributed by atoms with Gasteiger partial charge in [-0.2, -0.15) is 0 Å². The zero-order valence-corrected chi connectivity index (χ0v) is 8.11. The maximum absolute atomic E-state index is 11.9. The number of ether oxygens (including phenoxy) is 1. The molecule has 14 heavy (non-hydrogen) atoms. The Balaban J connectivity index is 2.00. The van der Waals surface area contributed by atoms with Crippen molar-refractivity contribution in [1.29, 1.82) is 0 Å². The number of hydrogen-bond donors (Lipinski definition) is 2. The van der Waals surface area contributed by atoms with Crippen LogP contribution in [-0.2, 0) is 9.53 Å². The number of amides is 1. The van der Waals surface area contributed by atoms with Crippen LogP contribution in [0.3, 0.4) is 0 Å². The molecule has 5 heteroatoms. The van der Waals surface area contributed by atoms with Crippen LogP contribution in [0.15, 0.2) is 0 Å². The van der Waals surface area contributed by atoms with Gasteiger partial charge in [0.1, 0.15) is 5.54 Å². The van der Waals surface area contributed by atoms with E-state index in [1.54, 1.807) is 4.90 Å². The van der Waals surface area contributed by atoms with Crippen LogP contribution in [0.1, 0.15) is 12.8 Å². The molecule has 0 spiro atoms. The van der Waals surface area contributed by atoms with Gasteiger partial charge >= 0.3 is 0 Å². The Hall–Kier alpha value is -0.650. The van der Waals surface area contributed by atoms with Crippen LogP contribution in [0, 0.1) is 0 Å². The first-order valence-electron chi connectivity index (χ1n) is 4.96. The van der Waals surface area contributed by atoms with Crippen LogP contribution in [-0.4, -0.2) is 53.9 Å². The average molecular weight is 200 g/mol. The summed E-state index contributed by atoms with van der Waals surface area (Å²) in [7, 11) is 0. The van der Waals surface area contributed by atoms with E-state index in [-0.39, 0.29) is 12.0 Å². The molecular weight excluding hydrogens is 184 g/mol. The maximum Gasteiger partial charge on any atom is 0.245 e. The third-order valence-corrected chi connectivity index (χ3v) is 2.93. The highest BCUT2D eigenvalue weighted by atomic mass is 16.5. The number of likely N-dealkylation sites (tertiary alicyclic amines) is 1. The van der Waals surface area contributed by atoms with E-state index in [2.05, 4.69) is 0 Å². The summed E-state index contributed by atoms with van der Waals surface area (Å²) in [6, 6.07) is 0. The van der Waals surface area contributed by atoms with E-state index in [0.717, 1.165) is 0 Å². The number of rotatable bonds is 1. The maximum atomic E-state index is 11.9. The minimum absolute atomic E-state index is 0.0773. The minimum Gasteiger partial charge on any atom is -0.391 e. The zero-order valence-electron chi connectivity index (χ0n) is 8.11. The minimum atomic E-state index is -0.843. The van der Waals surface area contributed by atoms with Gasteiger partial charge in [-0.3, -0.25) is 4.79 Å². The lowest BCUT2D eigenvalue weighted by Crippen LogP contribution is -2.55. The van der Waals surface area contributed by atoms with E-state index in [1.165, 1.54) is 0 Å². The number of β-amino-alcohol motifs (C(OH)–C–C–N with tert-alkyl or cyclic N) is 1. The van der Waals surface area contributed by atoms with Gasteiger partial charge in [0, 0.05) is 19.7 Å². The summed E-state index contributed by atoms with van der Waals surface area (Å²) in [5.41, 5.74) is 5.09. The molecule has 2 aliphatic heterocycles. The second kappa shape index (κ2) is 3.49. The van der Waals surface area contributed by atoms with Crippen molar-refractivity contribution in [3.8, 4) is 0 Å². The van der Waals surface area contributed by atoms with Crippen LogP contribution in [0.4, 0.5) is 0 Å². The lowest BCUT2D eigenvalue weighted by molar-refractivity contribution is -0.136. The van der Waals surface area contributed by atoms with Crippen LogP contribution in [0.25, 0.3) is 0 Å². The van der Waals surface area contributed by atoms with Gasteiger partial charge in [-0.05, 0) is 12.8 Å². The van der Waals surface area contributed by atoms with E-state index in [4.69, 9.17) is 10.5 Å². The van der Waals surface area contributed by atoms with Gasteiger partial charge in [0.05, 0.1) is 12.7 Å². The molecule has 0 saturated carbocycles. The number of aliphatic hydroxyl groups is 1. The predicted molar refractivity (Wildman–Crippen MR) is 49.6 cm³/mol. The van der Waals surface area contributed by atoms with E-state index < -0.39 is 5.54 Å². The summed E-state index contributed by atoms with van der Waals surface area (Å²) in [6.07, 6.45) is 0.853. The molecule has 1 amide bonds. The van der Waals surface area contributed by atoms with Crippen molar-refractivity contribution < 1.29 is 14.6 Å². The molecule has 2 saturated heterocycles. The Kier molecular flexibility index (Phi) is 2.47. The summed E-state index contributed by atoms with van der Waals surface area (Å²) in [5, 5.41) is 9.31. The molecule has 2 unspecified atom stereocenters. The third-order valence-electron chi connectivity index (χ3n) is 2.93. The molecule has 2 atom stereocenters. The molecular formula is C9H16N2O3. The lowest BCUT2D eigenvalue weighted by Gasteiger charge is -2.26. The number of aliphatic hydroxyl groups excluding tert-OH is 1. The first-order chi connectivity index (χ1) is 6.62. The number of nitrogens with two attached hydrogens (primary N) is 1. The number of carbonyl (C=O) groups excluding carboxylic acids is 1. The molecule has 2 aliphatic rings. The van der Waals surface area contributed by atoms with Crippen molar-refractivity contribution in [3.05, 3.63) is 0 Å². The molecule has 3 N–H and O–H groups in total. The predicted octanol–water partition coefficient (Wildman–Crippen LogP) is -1.30. The van der Waals surface area contributed by atoms with Gasteiger partial charge in [0.15, 0.2) is 0 Å². The van der Waals surface area contributed by atoms with Crippen molar-refractivity contribution in [2.75, 3.05) is 26.3 Å². The summed E-state index contributed by atoms with van der Waals surface area (Å²) in [6.45, 7) is 1.88. The highest BCUT2D eigenvalue weighted by Gasteiger charge is 2.42. The number of hydrogen-bond acceptors (Lipinski definition) is 4. The van der Waals surface area contributed by atoms with Crippen molar-refractivity contribution in [3.63, 3.8) is 0 Å². The highest BCUT2D eigenvalue weighted by molar-refractivity contribution is 5.86. The summed E-state index contributed by atoms with van der Waals surface area (Å²) >= 11 is 0. The van der Waals surface area contributed by atoms with E-state index in [1.807, 2.05) is 0 Å². The number of carbonyl (C=O) groups is 1. The smallest absolute Gasteiger partial charge is 0.245 e. The second-order valence-corrected chi connectivity index (χ2v) is 4.15. The molecule has 80 valence electrons. The second-order valence-electron chi connectivity index (χ2n) is 4.15. The quantitative estimate of drug-likeness (QED) is 0.551. The molecule has 0 aromatic heterocycles. The Labute approximate surface area is 82.8 Å². The molecule has 2 heterocycles. The van der Waals surface area contributed by atoms with Gasteiger partial charge in [-0.1, -0.05) is 0 Å². The first kappa shape index (κ1) is 9.89. The van der Waals surface area contributed by atoms with E-state index >= 15 is 0 Å². The molecule has 0 aliphatic carbocycles. The molecule has 5 nitrogen and oxygen atoms in total. The van der Waals surface area contributed by atoms with Gasteiger partial charge in [-0.25, -0.2) is 0 Å². The third kappa shape index (κ3) is 1.63. The van der Waals surface area contributed by atoms with Gasteiger partial charge in [0.25, 0.3) is 0 Å².